The summed E-state index contributed by atoms with van der Waals surface area (Å²) in [4.78, 5) is 29.9. The zero-order chi connectivity index (χ0) is 24.6. The lowest BCUT2D eigenvalue weighted by atomic mass is 10.0. The molecule has 4 rings (SSSR count). The highest BCUT2D eigenvalue weighted by Gasteiger charge is 2.68. The predicted octanol–water partition coefficient (Wildman–Crippen LogP) is -0.485. The Labute approximate surface area is 192 Å². The number of hydrogen-bond donors (Lipinski definition) is 6. The third kappa shape index (κ3) is 4.59. The Morgan fingerprint density at radius 3 is 2.62 bits per heavy atom. The first-order chi connectivity index (χ1) is 16.0. The molecule has 1 fully saturated rings. The van der Waals surface area contributed by atoms with E-state index in [0.29, 0.717) is 0 Å². The van der Waals surface area contributed by atoms with Gasteiger partial charge in [-0.2, -0.15) is 0 Å². The third-order valence-corrected chi connectivity index (χ3v) is 5.63. The molecule has 182 valence electrons. The van der Waals surface area contributed by atoms with Crippen molar-refractivity contribution in [2.24, 2.45) is 0 Å². The summed E-state index contributed by atoms with van der Waals surface area (Å²) in [6.07, 6.45) is 1.97. The number of rotatable bonds is 8. The number of nitrogens with zero attached hydrogens (tertiary/aromatic N) is 4. The van der Waals surface area contributed by atoms with Gasteiger partial charge in [0.1, 0.15) is 17.9 Å². The van der Waals surface area contributed by atoms with Crippen LogP contribution in [-0.4, -0.2) is 75.5 Å². The molecule has 0 saturated carbocycles. The molecule has 0 aliphatic carbocycles. The molecule has 2 aromatic heterocycles. The minimum Gasteiger partial charge on any atom is -0.382 e. The van der Waals surface area contributed by atoms with E-state index in [2.05, 4.69) is 19.5 Å². The first-order valence-corrected chi connectivity index (χ1v) is 11.4. The molecule has 14 nitrogen and oxygen atoms in total. The van der Waals surface area contributed by atoms with Crippen molar-refractivity contribution in [3.8, 4) is 0 Å². The SMILES string of the molecule is Nc1ncnc2c1ncn2[C@@H]1O[C@H](COP(=O)(O)O)C(O)(O)[C@]1(O)OCC=Cc1ccccc1. The quantitative estimate of drug-likeness (QED) is 0.172. The van der Waals surface area contributed by atoms with E-state index < -0.39 is 38.3 Å². The van der Waals surface area contributed by atoms with Crippen molar-refractivity contribution in [3.05, 3.63) is 54.6 Å². The monoisotopic (exact) mass is 495 g/mol. The number of benzene rings is 1. The highest BCUT2D eigenvalue weighted by atomic mass is 31.2. The zero-order valence-corrected chi connectivity index (χ0v) is 18.3. The van der Waals surface area contributed by atoms with Gasteiger partial charge in [0.25, 0.3) is 11.6 Å². The average molecular weight is 495 g/mol. The summed E-state index contributed by atoms with van der Waals surface area (Å²) in [6, 6.07) is 9.14. The predicted molar refractivity (Wildman–Crippen MR) is 115 cm³/mol. The highest BCUT2D eigenvalue weighted by Crippen LogP contribution is 2.47. The van der Waals surface area contributed by atoms with Gasteiger partial charge in [-0.15, -0.1) is 0 Å². The van der Waals surface area contributed by atoms with Gasteiger partial charge >= 0.3 is 7.82 Å². The molecule has 3 heterocycles. The van der Waals surface area contributed by atoms with Crippen LogP contribution in [0.1, 0.15) is 11.8 Å². The van der Waals surface area contributed by atoms with Crippen LogP contribution in [0.4, 0.5) is 5.82 Å². The molecular formula is C19H22N5O9P. The molecule has 0 radical (unpaired) electrons. The van der Waals surface area contributed by atoms with Crippen molar-refractivity contribution in [1.82, 2.24) is 19.5 Å². The smallest absolute Gasteiger partial charge is 0.382 e. The Kier molecular flexibility index (Phi) is 6.52. The number of nitrogens with two attached hydrogens (primary N) is 1. The van der Waals surface area contributed by atoms with Crippen LogP contribution in [-0.2, 0) is 18.6 Å². The summed E-state index contributed by atoms with van der Waals surface area (Å²) in [7, 11) is -4.99. The molecule has 0 unspecified atom stereocenters. The summed E-state index contributed by atoms with van der Waals surface area (Å²) >= 11 is 0. The molecule has 0 spiro atoms. The second-order valence-corrected chi connectivity index (χ2v) is 8.63. The molecule has 3 aromatic rings. The van der Waals surface area contributed by atoms with Gasteiger partial charge in [-0.3, -0.25) is 9.09 Å². The number of aliphatic hydroxyl groups is 3. The van der Waals surface area contributed by atoms with Crippen molar-refractivity contribution >= 4 is 30.9 Å². The summed E-state index contributed by atoms with van der Waals surface area (Å²) in [6.45, 7) is -1.28. The lowest BCUT2D eigenvalue weighted by Gasteiger charge is -2.36. The highest BCUT2D eigenvalue weighted by molar-refractivity contribution is 7.46. The fourth-order valence-corrected chi connectivity index (χ4v) is 3.80. The van der Waals surface area contributed by atoms with Gasteiger partial charge in [0.2, 0.25) is 0 Å². The van der Waals surface area contributed by atoms with Gasteiger partial charge in [-0.1, -0.05) is 42.5 Å². The normalized spacial score (nSPS) is 24.9. The summed E-state index contributed by atoms with van der Waals surface area (Å²) in [5.74, 6) is -6.01. The topological polar surface area (TPSA) is 216 Å². The van der Waals surface area contributed by atoms with Crippen LogP contribution in [0.25, 0.3) is 17.2 Å². The number of phosphoric acid groups is 1. The number of aromatic nitrogens is 4. The standard InChI is InChI=1S/C19H22N5O9P/c20-15-14-16(22-10-21-15)24(11-23-14)17-19(27,31-8-4-7-12-5-2-1-3-6-12)18(25,26)13(33-17)9-32-34(28,29)30/h1-7,10-11,13,17,25-27H,8-9H2,(H2,20,21,22)(H2,28,29,30)/t13-,17-,19-/m1/s1. The molecule has 3 atom stereocenters. The summed E-state index contributed by atoms with van der Waals surface area (Å²) < 4.78 is 27.7. The van der Waals surface area contributed by atoms with Gasteiger partial charge in [-0.25, -0.2) is 19.5 Å². The number of anilines is 1. The van der Waals surface area contributed by atoms with Crippen LogP contribution in [0.5, 0.6) is 0 Å². The Morgan fingerprint density at radius 2 is 1.91 bits per heavy atom. The van der Waals surface area contributed by atoms with Crippen LogP contribution < -0.4 is 5.73 Å². The molecule has 0 bridgehead atoms. The maximum atomic E-state index is 11.3. The Balaban J connectivity index is 1.66. The van der Waals surface area contributed by atoms with E-state index >= 15 is 0 Å². The van der Waals surface area contributed by atoms with Crippen LogP contribution in [0.2, 0.25) is 0 Å². The Bertz CT molecular complexity index is 1230. The Morgan fingerprint density at radius 1 is 1.18 bits per heavy atom. The van der Waals surface area contributed by atoms with Crippen molar-refractivity contribution < 1.29 is 43.7 Å². The molecule has 1 aliphatic heterocycles. The fourth-order valence-electron chi connectivity index (χ4n) is 3.47. The lowest BCUT2D eigenvalue weighted by Crippen LogP contribution is -2.60. The summed E-state index contributed by atoms with van der Waals surface area (Å²) in [5, 5.41) is 32.9. The van der Waals surface area contributed by atoms with E-state index in [-0.39, 0.29) is 23.6 Å². The maximum Gasteiger partial charge on any atom is 0.469 e. The number of fused-ring (bicyclic) bond motifs is 1. The van der Waals surface area contributed by atoms with Gasteiger partial charge < -0.3 is 40.3 Å². The van der Waals surface area contributed by atoms with Crippen LogP contribution >= 0.6 is 7.82 Å². The largest absolute Gasteiger partial charge is 0.469 e. The van der Waals surface area contributed by atoms with Crippen molar-refractivity contribution in [3.63, 3.8) is 0 Å². The zero-order valence-electron chi connectivity index (χ0n) is 17.4. The average Bonchev–Trinajstić information content (AvgIpc) is 3.28. The number of hydrogen-bond acceptors (Lipinski definition) is 11. The minimum absolute atomic E-state index is 0.0256. The maximum absolute atomic E-state index is 11.3. The molecule has 15 heteroatoms. The van der Waals surface area contributed by atoms with Gasteiger partial charge in [0.05, 0.1) is 19.5 Å². The van der Waals surface area contributed by atoms with Crippen LogP contribution in [0.15, 0.2) is 49.1 Å². The number of nitrogen functional groups attached to an aromatic ring is 1. The first-order valence-electron chi connectivity index (χ1n) is 9.84. The minimum atomic E-state index is -4.99. The lowest BCUT2D eigenvalue weighted by molar-refractivity contribution is -0.368. The van der Waals surface area contributed by atoms with E-state index in [1.54, 1.807) is 6.08 Å². The third-order valence-electron chi connectivity index (χ3n) is 5.15. The molecule has 7 N–H and O–H groups in total. The Hall–Kier alpha value is -2.78. The van der Waals surface area contributed by atoms with E-state index in [1.807, 2.05) is 30.3 Å². The van der Waals surface area contributed by atoms with E-state index in [4.69, 9.17) is 25.0 Å². The second-order valence-electron chi connectivity index (χ2n) is 7.39. The van der Waals surface area contributed by atoms with Gasteiger partial charge in [-0.05, 0) is 5.56 Å². The van der Waals surface area contributed by atoms with Crippen molar-refractivity contribution in [2.75, 3.05) is 18.9 Å². The molecular weight excluding hydrogens is 473 g/mol. The van der Waals surface area contributed by atoms with Crippen LogP contribution in [0, 0.1) is 0 Å². The first kappa shape index (κ1) is 24.3. The number of imidazole rings is 1. The van der Waals surface area contributed by atoms with Crippen molar-refractivity contribution in [1.29, 1.82) is 0 Å². The van der Waals surface area contributed by atoms with E-state index in [0.717, 1.165) is 22.8 Å². The molecule has 1 aliphatic rings. The van der Waals surface area contributed by atoms with Gasteiger partial charge in [0, 0.05) is 0 Å². The number of phosphoric ester groups is 1. The van der Waals surface area contributed by atoms with Crippen LogP contribution in [0.3, 0.4) is 0 Å². The van der Waals surface area contributed by atoms with Crippen molar-refractivity contribution in [2.45, 2.75) is 23.9 Å². The molecule has 1 saturated heterocycles. The molecule has 0 amide bonds. The van der Waals surface area contributed by atoms with E-state index in [1.165, 1.54) is 6.08 Å². The molecule has 1 aromatic carbocycles. The van der Waals surface area contributed by atoms with E-state index in [9.17, 15) is 19.9 Å². The molecule has 34 heavy (non-hydrogen) atoms. The summed E-state index contributed by atoms with van der Waals surface area (Å²) in [5.41, 5.74) is 6.84. The fraction of sp³-hybridized carbons (Fsp3) is 0.316. The van der Waals surface area contributed by atoms with Gasteiger partial charge in [0.15, 0.2) is 17.7 Å². The second kappa shape index (κ2) is 9.11. The number of ether oxygens (including phenoxy) is 2.